The molecule has 0 radical (unpaired) electrons. The van der Waals surface area contributed by atoms with Gasteiger partial charge in [-0.25, -0.2) is 0 Å². The first-order chi connectivity index (χ1) is 8.31. The van der Waals surface area contributed by atoms with Gasteiger partial charge in [0.2, 0.25) is 0 Å². The molecule has 2 unspecified atom stereocenters. The molecule has 0 aromatic heterocycles. The van der Waals surface area contributed by atoms with Crippen molar-refractivity contribution in [2.75, 3.05) is 6.54 Å². The van der Waals surface area contributed by atoms with Crippen LogP contribution in [0.1, 0.15) is 71.1 Å². The largest absolute Gasteiger partial charge is 0.313 e. The van der Waals surface area contributed by atoms with Crippen LogP contribution >= 0.6 is 0 Å². The average Bonchev–Trinajstić information content (AvgIpc) is 3.24. The molecule has 17 heavy (non-hydrogen) atoms. The Kier molecular flexibility index (Phi) is 3.47. The highest BCUT2D eigenvalue weighted by Crippen LogP contribution is 2.61. The zero-order valence-electron chi connectivity index (χ0n) is 11.5. The molecule has 0 saturated heterocycles. The minimum absolute atomic E-state index is 0.726. The molecule has 3 saturated carbocycles. The highest BCUT2D eigenvalue weighted by molar-refractivity contribution is 5.04. The summed E-state index contributed by atoms with van der Waals surface area (Å²) in [4.78, 5) is 0. The smallest absolute Gasteiger partial charge is 0.00684 e. The van der Waals surface area contributed by atoms with Crippen molar-refractivity contribution in [2.45, 2.75) is 77.2 Å². The SMILES string of the molecule is CCCCCCC1(CNC2CC2)CC2CC2C1. The van der Waals surface area contributed by atoms with Gasteiger partial charge in [0.1, 0.15) is 0 Å². The monoisotopic (exact) mass is 235 g/mol. The second-order valence-electron chi connectivity index (χ2n) is 7.13. The molecule has 0 heterocycles. The maximum Gasteiger partial charge on any atom is 0.00684 e. The Hall–Kier alpha value is -0.0400. The maximum absolute atomic E-state index is 3.82. The van der Waals surface area contributed by atoms with E-state index in [-0.39, 0.29) is 0 Å². The highest BCUT2D eigenvalue weighted by Gasteiger charge is 2.53. The normalized spacial score (nSPS) is 39.4. The Morgan fingerprint density at radius 1 is 1.06 bits per heavy atom. The maximum atomic E-state index is 3.82. The summed E-state index contributed by atoms with van der Waals surface area (Å²) in [5, 5.41) is 3.82. The Bertz CT molecular complexity index is 246. The van der Waals surface area contributed by atoms with Crippen molar-refractivity contribution in [3.05, 3.63) is 0 Å². The summed E-state index contributed by atoms with van der Waals surface area (Å²) in [5.41, 5.74) is 0.726. The zero-order valence-corrected chi connectivity index (χ0v) is 11.5. The van der Waals surface area contributed by atoms with E-state index in [1.165, 1.54) is 51.5 Å². The van der Waals surface area contributed by atoms with E-state index in [1.54, 1.807) is 19.3 Å². The average molecular weight is 235 g/mol. The summed E-state index contributed by atoms with van der Waals surface area (Å²) in [5.74, 6) is 2.28. The third kappa shape index (κ3) is 3.05. The van der Waals surface area contributed by atoms with Crippen molar-refractivity contribution in [3.63, 3.8) is 0 Å². The van der Waals surface area contributed by atoms with Gasteiger partial charge < -0.3 is 5.32 Å². The molecule has 1 N–H and O–H groups in total. The van der Waals surface area contributed by atoms with Crippen LogP contribution in [-0.4, -0.2) is 12.6 Å². The van der Waals surface area contributed by atoms with Gasteiger partial charge in [0.05, 0.1) is 0 Å². The van der Waals surface area contributed by atoms with E-state index in [0.29, 0.717) is 0 Å². The molecular formula is C16H29N. The van der Waals surface area contributed by atoms with Crippen LogP contribution in [0.2, 0.25) is 0 Å². The van der Waals surface area contributed by atoms with E-state index in [9.17, 15) is 0 Å². The molecule has 1 nitrogen and oxygen atoms in total. The molecule has 0 aromatic rings. The van der Waals surface area contributed by atoms with Crippen LogP contribution in [0.5, 0.6) is 0 Å². The molecule has 3 fully saturated rings. The standard InChI is InChI=1S/C16H29N/c1-2-3-4-5-8-16(12-17-15-6-7-15)10-13-9-14(13)11-16/h13-15,17H,2-12H2,1H3. The van der Waals surface area contributed by atoms with Crippen LogP contribution in [0.4, 0.5) is 0 Å². The Morgan fingerprint density at radius 3 is 2.47 bits per heavy atom. The van der Waals surface area contributed by atoms with Crippen molar-refractivity contribution in [1.82, 2.24) is 5.32 Å². The van der Waals surface area contributed by atoms with Gasteiger partial charge in [-0.1, -0.05) is 32.6 Å². The van der Waals surface area contributed by atoms with E-state index in [0.717, 1.165) is 23.3 Å². The summed E-state index contributed by atoms with van der Waals surface area (Å²) >= 11 is 0. The lowest BCUT2D eigenvalue weighted by atomic mass is 9.78. The lowest BCUT2D eigenvalue weighted by Crippen LogP contribution is -2.34. The fourth-order valence-corrected chi connectivity index (χ4v) is 4.02. The first kappa shape index (κ1) is 12.0. The Morgan fingerprint density at radius 2 is 1.82 bits per heavy atom. The quantitative estimate of drug-likeness (QED) is 0.624. The predicted octanol–water partition coefficient (Wildman–Crippen LogP) is 4.13. The molecular weight excluding hydrogens is 206 g/mol. The number of unbranched alkanes of at least 4 members (excludes halogenated alkanes) is 3. The fourth-order valence-electron chi connectivity index (χ4n) is 4.02. The summed E-state index contributed by atoms with van der Waals surface area (Å²) < 4.78 is 0. The molecule has 1 heteroatoms. The molecule has 0 aliphatic heterocycles. The number of hydrogen-bond donors (Lipinski definition) is 1. The van der Waals surface area contributed by atoms with Crippen molar-refractivity contribution < 1.29 is 0 Å². The third-order valence-corrected chi connectivity index (χ3v) is 5.36. The third-order valence-electron chi connectivity index (χ3n) is 5.36. The second kappa shape index (κ2) is 4.91. The van der Waals surface area contributed by atoms with Crippen LogP contribution in [0, 0.1) is 17.3 Å². The summed E-state index contributed by atoms with van der Waals surface area (Å²) in [6.45, 7) is 3.66. The zero-order chi connectivity index (χ0) is 11.7. The van der Waals surface area contributed by atoms with E-state index in [1.807, 2.05) is 0 Å². The minimum atomic E-state index is 0.726. The number of nitrogens with one attached hydrogen (secondary N) is 1. The van der Waals surface area contributed by atoms with E-state index < -0.39 is 0 Å². The Labute approximate surface area is 107 Å². The van der Waals surface area contributed by atoms with E-state index >= 15 is 0 Å². The van der Waals surface area contributed by atoms with Crippen molar-refractivity contribution in [1.29, 1.82) is 0 Å². The number of hydrogen-bond acceptors (Lipinski definition) is 1. The van der Waals surface area contributed by atoms with Gasteiger partial charge in [-0.15, -0.1) is 0 Å². The molecule has 0 amide bonds. The summed E-state index contributed by atoms with van der Waals surface area (Å²) in [6.07, 6.45) is 14.9. The van der Waals surface area contributed by atoms with Crippen LogP contribution in [0.15, 0.2) is 0 Å². The van der Waals surface area contributed by atoms with Crippen LogP contribution in [-0.2, 0) is 0 Å². The van der Waals surface area contributed by atoms with Crippen LogP contribution in [0.25, 0.3) is 0 Å². The van der Waals surface area contributed by atoms with Crippen molar-refractivity contribution in [3.8, 4) is 0 Å². The molecule has 0 bridgehead atoms. The molecule has 0 spiro atoms. The van der Waals surface area contributed by atoms with E-state index in [4.69, 9.17) is 0 Å². The highest BCUT2D eigenvalue weighted by atomic mass is 15.0. The van der Waals surface area contributed by atoms with Gasteiger partial charge in [0.25, 0.3) is 0 Å². The lowest BCUT2D eigenvalue weighted by molar-refractivity contribution is 0.221. The summed E-state index contributed by atoms with van der Waals surface area (Å²) in [7, 11) is 0. The number of rotatable bonds is 8. The topological polar surface area (TPSA) is 12.0 Å². The molecule has 98 valence electrons. The predicted molar refractivity (Wildman–Crippen MR) is 73.0 cm³/mol. The molecule has 3 rings (SSSR count). The first-order valence-corrected chi connectivity index (χ1v) is 8.05. The molecule has 3 aliphatic carbocycles. The van der Waals surface area contributed by atoms with Crippen molar-refractivity contribution in [2.24, 2.45) is 17.3 Å². The van der Waals surface area contributed by atoms with Gasteiger partial charge in [-0.05, 0) is 55.8 Å². The van der Waals surface area contributed by atoms with Gasteiger partial charge in [0.15, 0.2) is 0 Å². The van der Waals surface area contributed by atoms with Crippen LogP contribution < -0.4 is 5.32 Å². The van der Waals surface area contributed by atoms with Crippen LogP contribution in [0.3, 0.4) is 0 Å². The lowest BCUT2D eigenvalue weighted by Gasteiger charge is -2.31. The van der Waals surface area contributed by atoms with Crippen molar-refractivity contribution >= 4 is 0 Å². The molecule has 2 atom stereocenters. The summed E-state index contributed by atoms with van der Waals surface area (Å²) in [6, 6.07) is 0.902. The Balaban J connectivity index is 1.45. The van der Waals surface area contributed by atoms with E-state index in [2.05, 4.69) is 12.2 Å². The molecule has 3 aliphatic rings. The van der Waals surface area contributed by atoms with Gasteiger partial charge in [0, 0.05) is 12.6 Å². The number of fused-ring (bicyclic) bond motifs is 1. The minimum Gasteiger partial charge on any atom is -0.313 e. The van der Waals surface area contributed by atoms with Gasteiger partial charge in [-0.3, -0.25) is 0 Å². The second-order valence-corrected chi connectivity index (χ2v) is 7.13. The fraction of sp³-hybridized carbons (Fsp3) is 1.00. The molecule has 0 aromatic carbocycles. The van der Waals surface area contributed by atoms with Gasteiger partial charge >= 0.3 is 0 Å². The van der Waals surface area contributed by atoms with Gasteiger partial charge in [-0.2, -0.15) is 0 Å². The first-order valence-electron chi connectivity index (χ1n) is 8.05.